The largest absolute Gasteiger partial charge is 0.291 e. The van der Waals surface area contributed by atoms with E-state index in [2.05, 4.69) is 4.72 Å². The van der Waals surface area contributed by atoms with E-state index >= 15 is 0 Å². The van der Waals surface area contributed by atoms with Crippen LogP contribution in [0.25, 0.3) is 0 Å². The molecule has 0 aliphatic heterocycles. The van der Waals surface area contributed by atoms with Crippen LogP contribution < -0.4 is 4.72 Å². The van der Waals surface area contributed by atoms with Gasteiger partial charge in [0, 0.05) is 6.20 Å². The quantitative estimate of drug-likeness (QED) is 0.620. The van der Waals surface area contributed by atoms with Crippen molar-refractivity contribution >= 4 is 10.0 Å². The van der Waals surface area contributed by atoms with E-state index in [1.807, 2.05) is 13.8 Å². The minimum atomic E-state index is -3.05. The van der Waals surface area contributed by atoms with Gasteiger partial charge in [-0.3, -0.25) is 4.72 Å². The van der Waals surface area contributed by atoms with Gasteiger partial charge in [0.1, 0.15) is 0 Å². The highest BCUT2D eigenvalue weighted by atomic mass is 32.2. The predicted molar refractivity (Wildman–Crippen MR) is 37.4 cm³/mol. The molecule has 9 heavy (non-hydrogen) atoms. The van der Waals surface area contributed by atoms with Gasteiger partial charge in [0.05, 0.1) is 6.26 Å². The van der Waals surface area contributed by atoms with Gasteiger partial charge in [-0.15, -0.1) is 0 Å². The molecule has 3 nitrogen and oxygen atoms in total. The van der Waals surface area contributed by atoms with Crippen molar-refractivity contribution in [3.8, 4) is 0 Å². The maximum Gasteiger partial charge on any atom is 0.229 e. The SMILES string of the molecule is CC(C)=CNS(C)(=O)=O. The van der Waals surface area contributed by atoms with Crippen LogP contribution in [-0.2, 0) is 10.0 Å². The van der Waals surface area contributed by atoms with Crippen LogP contribution in [0, 0.1) is 0 Å². The molecule has 0 aromatic rings. The van der Waals surface area contributed by atoms with Crippen molar-refractivity contribution in [2.24, 2.45) is 0 Å². The lowest BCUT2D eigenvalue weighted by atomic mass is 10.4. The number of hydrogen-bond acceptors (Lipinski definition) is 2. The lowest BCUT2D eigenvalue weighted by molar-refractivity contribution is 0.596. The Labute approximate surface area is 55.8 Å². The Morgan fingerprint density at radius 2 is 1.89 bits per heavy atom. The Morgan fingerprint density at radius 3 is 2.00 bits per heavy atom. The van der Waals surface area contributed by atoms with Gasteiger partial charge >= 0.3 is 0 Å². The number of sulfonamides is 1. The van der Waals surface area contributed by atoms with Crippen molar-refractivity contribution in [3.05, 3.63) is 11.8 Å². The molecule has 1 N–H and O–H groups in total. The lowest BCUT2D eigenvalue weighted by Crippen LogP contribution is -2.15. The fourth-order valence-corrected chi connectivity index (χ4v) is 0.675. The van der Waals surface area contributed by atoms with Gasteiger partial charge in [-0.25, -0.2) is 8.42 Å². The molecule has 0 aliphatic rings. The summed E-state index contributed by atoms with van der Waals surface area (Å²) in [4.78, 5) is 0. The van der Waals surface area contributed by atoms with E-state index in [1.165, 1.54) is 6.20 Å². The van der Waals surface area contributed by atoms with E-state index in [9.17, 15) is 8.42 Å². The summed E-state index contributed by atoms with van der Waals surface area (Å²) in [5, 5.41) is 0. The third-order valence-corrected chi connectivity index (χ3v) is 1.11. The van der Waals surface area contributed by atoms with Gasteiger partial charge in [0.25, 0.3) is 0 Å². The van der Waals surface area contributed by atoms with Crippen LogP contribution in [-0.4, -0.2) is 14.7 Å². The van der Waals surface area contributed by atoms with E-state index in [0.717, 1.165) is 11.8 Å². The zero-order valence-electron chi connectivity index (χ0n) is 5.80. The van der Waals surface area contributed by atoms with Crippen molar-refractivity contribution in [2.75, 3.05) is 6.26 Å². The number of rotatable bonds is 2. The van der Waals surface area contributed by atoms with Gasteiger partial charge in [0.2, 0.25) is 10.0 Å². The predicted octanol–water partition coefficient (Wildman–Crippen LogP) is 0.459. The summed E-state index contributed by atoms with van der Waals surface area (Å²) in [5.74, 6) is 0. The second-order valence-electron chi connectivity index (χ2n) is 2.11. The van der Waals surface area contributed by atoms with Gasteiger partial charge in [0.15, 0.2) is 0 Å². The van der Waals surface area contributed by atoms with Crippen LogP contribution in [0.2, 0.25) is 0 Å². The van der Waals surface area contributed by atoms with Crippen molar-refractivity contribution in [1.29, 1.82) is 0 Å². The molecule has 0 rings (SSSR count). The Balaban J connectivity index is 3.95. The van der Waals surface area contributed by atoms with Crippen molar-refractivity contribution in [1.82, 2.24) is 4.72 Å². The molecule has 54 valence electrons. The van der Waals surface area contributed by atoms with Crippen molar-refractivity contribution in [2.45, 2.75) is 13.8 Å². The van der Waals surface area contributed by atoms with E-state index in [4.69, 9.17) is 0 Å². The number of hydrogen-bond donors (Lipinski definition) is 1. The number of allylic oxidation sites excluding steroid dienone is 1. The second kappa shape index (κ2) is 2.87. The first-order valence-electron chi connectivity index (χ1n) is 2.52. The standard InChI is InChI=1S/C5H11NO2S/c1-5(2)4-6-9(3,7)8/h4,6H,1-3H3. The molecule has 0 saturated heterocycles. The summed E-state index contributed by atoms with van der Waals surface area (Å²) in [6, 6.07) is 0. The van der Waals surface area contributed by atoms with E-state index < -0.39 is 10.0 Å². The zero-order chi connectivity index (χ0) is 7.49. The molecule has 4 heteroatoms. The topological polar surface area (TPSA) is 46.2 Å². The Kier molecular flexibility index (Phi) is 2.70. The highest BCUT2D eigenvalue weighted by Crippen LogP contribution is 1.84. The highest BCUT2D eigenvalue weighted by Gasteiger charge is 1.92. The first kappa shape index (κ1) is 8.49. The molecule has 0 unspecified atom stereocenters. The average molecular weight is 149 g/mol. The summed E-state index contributed by atoms with van der Waals surface area (Å²) >= 11 is 0. The van der Waals surface area contributed by atoms with Crippen LogP contribution in [0.15, 0.2) is 11.8 Å². The molecule has 0 spiro atoms. The van der Waals surface area contributed by atoms with Crippen LogP contribution in [0.3, 0.4) is 0 Å². The molecular formula is C5H11NO2S. The summed E-state index contributed by atoms with van der Waals surface area (Å²) in [5.41, 5.74) is 0.931. The summed E-state index contributed by atoms with van der Waals surface area (Å²) in [6.07, 6.45) is 2.57. The molecule has 0 aromatic heterocycles. The summed E-state index contributed by atoms with van der Waals surface area (Å²) in [7, 11) is -3.05. The maximum atomic E-state index is 10.4. The fraction of sp³-hybridized carbons (Fsp3) is 0.600. The Hall–Kier alpha value is -0.510. The molecule has 0 saturated carbocycles. The first-order valence-corrected chi connectivity index (χ1v) is 4.41. The van der Waals surface area contributed by atoms with Gasteiger partial charge in [-0.1, -0.05) is 5.57 Å². The van der Waals surface area contributed by atoms with Crippen molar-refractivity contribution in [3.63, 3.8) is 0 Å². The average Bonchev–Trinajstić information content (AvgIpc) is 1.59. The van der Waals surface area contributed by atoms with E-state index in [-0.39, 0.29) is 0 Å². The fourth-order valence-electron chi connectivity index (χ4n) is 0.225. The van der Waals surface area contributed by atoms with Crippen LogP contribution >= 0.6 is 0 Å². The Morgan fingerprint density at radius 1 is 1.44 bits per heavy atom. The minimum absolute atomic E-state index is 0.931. The smallest absolute Gasteiger partial charge is 0.229 e. The normalized spacial score (nSPS) is 10.6. The molecule has 0 amide bonds. The molecule has 0 heterocycles. The molecule has 0 atom stereocenters. The number of nitrogens with one attached hydrogen (secondary N) is 1. The maximum absolute atomic E-state index is 10.4. The highest BCUT2D eigenvalue weighted by molar-refractivity contribution is 7.88. The van der Waals surface area contributed by atoms with Gasteiger partial charge < -0.3 is 0 Å². The van der Waals surface area contributed by atoms with E-state index in [1.54, 1.807) is 0 Å². The Bertz CT molecular complexity index is 199. The van der Waals surface area contributed by atoms with Crippen LogP contribution in [0.4, 0.5) is 0 Å². The second-order valence-corrected chi connectivity index (χ2v) is 3.89. The monoisotopic (exact) mass is 149 g/mol. The third-order valence-electron chi connectivity index (χ3n) is 0.562. The first-order chi connectivity index (χ1) is 3.92. The van der Waals surface area contributed by atoms with E-state index in [0.29, 0.717) is 0 Å². The molecule has 0 aromatic carbocycles. The van der Waals surface area contributed by atoms with Crippen LogP contribution in [0.5, 0.6) is 0 Å². The van der Waals surface area contributed by atoms with Gasteiger partial charge in [-0.2, -0.15) is 0 Å². The molecular weight excluding hydrogens is 138 g/mol. The zero-order valence-corrected chi connectivity index (χ0v) is 6.62. The molecule has 0 fully saturated rings. The minimum Gasteiger partial charge on any atom is -0.291 e. The lowest BCUT2D eigenvalue weighted by Gasteiger charge is -1.94. The molecule has 0 radical (unpaired) electrons. The third kappa shape index (κ3) is 7.49. The molecule has 0 aliphatic carbocycles. The van der Waals surface area contributed by atoms with Crippen LogP contribution in [0.1, 0.15) is 13.8 Å². The summed E-state index contributed by atoms with van der Waals surface area (Å²) in [6.45, 7) is 3.64. The van der Waals surface area contributed by atoms with Crippen molar-refractivity contribution < 1.29 is 8.42 Å². The summed E-state index contributed by atoms with van der Waals surface area (Å²) < 4.78 is 23.0. The van der Waals surface area contributed by atoms with Gasteiger partial charge in [-0.05, 0) is 13.8 Å². The molecule has 0 bridgehead atoms.